The number of nitriles is 1. The van der Waals surface area contributed by atoms with Gasteiger partial charge in [-0.1, -0.05) is 11.6 Å². The lowest BCUT2D eigenvalue weighted by Gasteiger charge is -2.29. The Morgan fingerprint density at radius 1 is 1.50 bits per heavy atom. The summed E-state index contributed by atoms with van der Waals surface area (Å²) in [5.41, 5.74) is 0.991. The summed E-state index contributed by atoms with van der Waals surface area (Å²) in [6, 6.07) is 5.26. The van der Waals surface area contributed by atoms with E-state index in [-0.39, 0.29) is 24.9 Å². The molecule has 1 heterocycles. The van der Waals surface area contributed by atoms with Gasteiger partial charge in [0.25, 0.3) is 0 Å². The van der Waals surface area contributed by atoms with E-state index in [9.17, 15) is 4.39 Å². The second-order valence-corrected chi connectivity index (χ2v) is 4.26. The van der Waals surface area contributed by atoms with Gasteiger partial charge in [0.1, 0.15) is 17.9 Å². The zero-order valence-electron chi connectivity index (χ0n) is 9.58. The zero-order valence-corrected chi connectivity index (χ0v) is 11.2. The fraction of sp³-hybridized carbons (Fsp3) is 0.417. The summed E-state index contributed by atoms with van der Waals surface area (Å²) in [5, 5.41) is 12.5. The van der Waals surface area contributed by atoms with Crippen LogP contribution in [0.25, 0.3) is 0 Å². The Hall–Kier alpha value is -1.02. The number of benzene rings is 1. The first kappa shape index (κ1) is 15.0. The number of rotatable bonds is 4. The third-order valence-electron chi connectivity index (χ3n) is 2.70. The van der Waals surface area contributed by atoms with Crippen molar-refractivity contribution in [3.05, 3.63) is 28.3 Å². The first-order valence-corrected chi connectivity index (χ1v) is 5.79. The molecule has 6 heteroatoms. The molecular formula is C12H13Cl2FN2O. The molecule has 0 aromatic heterocycles. The molecule has 0 spiro atoms. The molecule has 1 aromatic rings. The predicted molar refractivity (Wildman–Crippen MR) is 70.4 cm³/mol. The van der Waals surface area contributed by atoms with Gasteiger partial charge in [0, 0.05) is 30.1 Å². The highest BCUT2D eigenvalue weighted by molar-refractivity contribution is 6.31. The van der Waals surface area contributed by atoms with Crippen molar-refractivity contribution in [2.75, 3.05) is 19.8 Å². The number of halogens is 3. The van der Waals surface area contributed by atoms with Crippen LogP contribution >= 0.6 is 24.0 Å². The molecule has 0 radical (unpaired) electrons. The maximum atomic E-state index is 12.5. The highest BCUT2D eigenvalue weighted by Crippen LogP contribution is 2.32. The molecule has 3 nitrogen and oxygen atoms in total. The molecule has 0 amide bonds. The van der Waals surface area contributed by atoms with Gasteiger partial charge in [-0.3, -0.25) is 4.39 Å². The Kier molecular flexibility index (Phi) is 5.67. The van der Waals surface area contributed by atoms with Gasteiger partial charge < -0.3 is 10.1 Å². The Morgan fingerprint density at radius 3 is 2.72 bits per heavy atom. The lowest BCUT2D eigenvalue weighted by Crippen LogP contribution is -2.50. The summed E-state index contributed by atoms with van der Waals surface area (Å²) in [6.45, 7) is 0.965. The lowest BCUT2D eigenvalue weighted by atomic mass is 10.1. The van der Waals surface area contributed by atoms with Gasteiger partial charge in [-0.2, -0.15) is 5.26 Å². The number of alkyl halides is 1. The van der Waals surface area contributed by atoms with E-state index in [1.807, 2.05) is 6.07 Å². The minimum absolute atomic E-state index is 0. The average molecular weight is 291 g/mol. The van der Waals surface area contributed by atoms with Gasteiger partial charge in [-0.05, 0) is 12.1 Å². The van der Waals surface area contributed by atoms with E-state index >= 15 is 0 Å². The molecule has 1 aliphatic heterocycles. The minimum atomic E-state index is -0.520. The number of nitrogens with zero attached hydrogens (tertiary/aromatic N) is 1. The molecular weight excluding hydrogens is 278 g/mol. The normalized spacial score (nSPS) is 14.3. The molecule has 0 saturated carbocycles. The van der Waals surface area contributed by atoms with E-state index in [0.29, 0.717) is 21.9 Å². The van der Waals surface area contributed by atoms with Crippen molar-refractivity contribution in [2.45, 2.75) is 12.5 Å². The first-order chi connectivity index (χ1) is 8.26. The summed E-state index contributed by atoms with van der Waals surface area (Å²) >= 11 is 6.01. The molecule has 18 heavy (non-hydrogen) atoms. The summed E-state index contributed by atoms with van der Waals surface area (Å²) in [4.78, 5) is 0. The van der Waals surface area contributed by atoms with Crippen LogP contribution < -0.4 is 10.1 Å². The molecule has 1 N–H and O–H groups in total. The third-order valence-corrected chi connectivity index (χ3v) is 3.05. The Balaban J connectivity index is 0.00000162. The first-order valence-electron chi connectivity index (χ1n) is 5.41. The number of hydrogen-bond acceptors (Lipinski definition) is 3. The van der Waals surface area contributed by atoms with E-state index in [4.69, 9.17) is 21.6 Å². The molecule has 1 aromatic carbocycles. The van der Waals surface area contributed by atoms with E-state index in [1.54, 1.807) is 12.1 Å². The fourth-order valence-electron chi connectivity index (χ4n) is 1.67. The van der Waals surface area contributed by atoms with Crippen molar-refractivity contribution in [1.29, 1.82) is 5.26 Å². The summed E-state index contributed by atoms with van der Waals surface area (Å²) in [5.74, 6) is 0.434. The molecule has 0 atom stereocenters. The smallest absolute Gasteiger partial charge is 0.142 e. The molecule has 0 aliphatic carbocycles. The van der Waals surface area contributed by atoms with Crippen LogP contribution in [0.15, 0.2) is 12.1 Å². The fourth-order valence-corrected chi connectivity index (χ4v) is 1.91. The van der Waals surface area contributed by atoms with Crippen molar-refractivity contribution in [3.8, 4) is 11.8 Å². The van der Waals surface area contributed by atoms with E-state index in [2.05, 4.69) is 5.32 Å². The van der Waals surface area contributed by atoms with Gasteiger partial charge in [-0.15, -0.1) is 12.4 Å². The third kappa shape index (κ3) is 3.05. The minimum Gasteiger partial charge on any atom is -0.486 e. The largest absolute Gasteiger partial charge is 0.486 e. The monoisotopic (exact) mass is 290 g/mol. The predicted octanol–water partition coefficient (Wildman–Crippen LogP) is 2.50. The molecule has 1 saturated heterocycles. The maximum absolute atomic E-state index is 12.5. The highest BCUT2D eigenvalue weighted by atomic mass is 35.5. The number of nitrogens with one attached hydrogen (secondary N) is 1. The molecule has 0 bridgehead atoms. The maximum Gasteiger partial charge on any atom is 0.142 e. The SMILES string of the molecule is Cl.N#Cc1ccc(Cl)c(CCF)c1OC1CNC1. The van der Waals surface area contributed by atoms with Crippen LogP contribution in [0.2, 0.25) is 5.02 Å². The van der Waals surface area contributed by atoms with Crippen molar-refractivity contribution < 1.29 is 9.13 Å². The number of ether oxygens (including phenoxy) is 1. The summed E-state index contributed by atoms with van der Waals surface area (Å²) in [6.07, 6.45) is 0.211. The second kappa shape index (κ2) is 6.79. The van der Waals surface area contributed by atoms with Gasteiger partial charge in [0.05, 0.1) is 12.2 Å². The van der Waals surface area contributed by atoms with Crippen molar-refractivity contribution >= 4 is 24.0 Å². The van der Waals surface area contributed by atoms with Gasteiger partial charge in [-0.25, -0.2) is 0 Å². The van der Waals surface area contributed by atoms with Crippen LogP contribution in [0, 0.1) is 11.3 Å². The van der Waals surface area contributed by atoms with E-state index < -0.39 is 6.67 Å². The average Bonchev–Trinajstić information content (AvgIpc) is 2.27. The van der Waals surface area contributed by atoms with Crippen LogP contribution in [-0.2, 0) is 6.42 Å². The second-order valence-electron chi connectivity index (χ2n) is 3.85. The summed E-state index contributed by atoms with van der Waals surface area (Å²) < 4.78 is 18.2. The molecule has 1 fully saturated rings. The Bertz CT molecular complexity index is 458. The number of hydrogen-bond donors (Lipinski definition) is 1. The molecule has 2 rings (SSSR count). The highest BCUT2D eigenvalue weighted by Gasteiger charge is 2.22. The van der Waals surface area contributed by atoms with Gasteiger partial charge in [0.15, 0.2) is 0 Å². The van der Waals surface area contributed by atoms with Gasteiger partial charge >= 0.3 is 0 Å². The molecule has 0 unspecified atom stereocenters. The van der Waals surface area contributed by atoms with Crippen LogP contribution in [0.1, 0.15) is 11.1 Å². The standard InChI is InChI=1S/C12H12ClFN2O.ClH/c13-11-2-1-8(5-15)12(10(11)3-4-14)17-9-6-16-7-9;/h1-2,9,16H,3-4,6-7H2;1H. The quantitative estimate of drug-likeness (QED) is 0.927. The van der Waals surface area contributed by atoms with Crippen molar-refractivity contribution in [3.63, 3.8) is 0 Å². The van der Waals surface area contributed by atoms with Crippen LogP contribution in [0.5, 0.6) is 5.75 Å². The van der Waals surface area contributed by atoms with Crippen LogP contribution in [0.4, 0.5) is 4.39 Å². The van der Waals surface area contributed by atoms with Gasteiger partial charge in [0.2, 0.25) is 0 Å². The van der Waals surface area contributed by atoms with Crippen LogP contribution in [-0.4, -0.2) is 25.9 Å². The van der Waals surface area contributed by atoms with E-state index in [0.717, 1.165) is 13.1 Å². The summed E-state index contributed by atoms with van der Waals surface area (Å²) in [7, 11) is 0. The van der Waals surface area contributed by atoms with E-state index in [1.165, 1.54) is 0 Å². The van der Waals surface area contributed by atoms with Crippen molar-refractivity contribution in [2.24, 2.45) is 0 Å². The van der Waals surface area contributed by atoms with Crippen molar-refractivity contribution in [1.82, 2.24) is 5.32 Å². The molecule has 1 aliphatic rings. The topological polar surface area (TPSA) is 45.0 Å². The Morgan fingerprint density at radius 2 is 2.22 bits per heavy atom. The zero-order chi connectivity index (χ0) is 12.3. The Labute approximate surface area is 116 Å². The van der Waals surface area contributed by atoms with Crippen LogP contribution in [0.3, 0.4) is 0 Å². The lowest BCUT2D eigenvalue weighted by molar-refractivity contribution is 0.140. The molecule has 98 valence electrons.